The van der Waals surface area contributed by atoms with Crippen molar-refractivity contribution in [3.8, 4) is 0 Å². The van der Waals surface area contributed by atoms with Gasteiger partial charge in [0.25, 0.3) is 0 Å². The maximum atomic E-state index is 10.6. The molecule has 0 spiro atoms. The molecule has 0 aliphatic rings. The summed E-state index contributed by atoms with van der Waals surface area (Å²) in [5.41, 5.74) is 0. The minimum absolute atomic E-state index is 0.266. The summed E-state index contributed by atoms with van der Waals surface area (Å²) in [5, 5.41) is 9.75. The highest BCUT2D eigenvalue weighted by atomic mass is 16.5. The maximum absolute atomic E-state index is 10.6. The molecule has 0 aromatic carbocycles. The third-order valence-electron chi connectivity index (χ3n) is 4.40. The fourth-order valence-electron chi connectivity index (χ4n) is 2.88. The van der Waals surface area contributed by atoms with Crippen LogP contribution in [0.4, 0.5) is 0 Å². The molecule has 23 heavy (non-hydrogen) atoms. The lowest BCUT2D eigenvalue weighted by Crippen LogP contribution is -2.12. The smallest absolute Gasteiger partial charge is 0.302 e. The summed E-state index contributed by atoms with van der Waals surface area (Å²) in [6.07, 6.45) is 18.6. The molecule has 0 aromatic rings. The molecular formula is C20H40O3. The summed E-state index contributed by atoms with van der Waals surface area (Å²) >= 11 is 0. The topological polar surface area (TPSA) is 46.5 Å². The summed E-state index contributed by atoms with van der Waals surface area (Å²) in [5.74, 6) is -0.266. The quantitative estimate of drug-likeness (QED) is 0.272. The van der Waals surface area contributed by atoms with Crippen LogP contribution in [0, 0.1) is 0 Å². The largest absolute Gasteiger partial charge is 0.466 e. The van der Waals surface area contributed by atoms with Crippen LogP contribution in [-0.2, 0) is 9.53 Å². The van der Waals surface area contributed by atoms with Crippen LogP contribution in [0.3, 0.4) is 0 Å². The minimum atomic E-state index is -0.318. The van der Waals surface area contributed by atoms with Gasteiger partial charge >= 0.3 is 5.97 Å². The molecule has 1 unspecified atom stereocenters. The van der Waals surface area contributed by atoms with Crippen molar-refractivity contribution in [2.24, 2.45) is 0 Å². The Morgan fingerprint density at radius 1 is 0.783 bits per heavy atom. The highest BCUT2D eigenvalue weighted by molar-refractivity contribution is 5.65. The monoisotopic (exact) mass is 328 g/mol. The van der Waals surface area contributed by atoms with E-state index in [4.69, 9.17) is 4.74 Å². The van der Waals surface area contributed by atoms with Gasteiger partial charge in [-0.3, -0.25) is 4.79 Å². The van der Waals surface area contributed by atoms with Gasteiger partial charge in [-0.25, -0.2) is 0 Å². The minimum Gasteiger partial charge on any atom is -0.466 e. The fraction of sp³-hybridized carbons (Fsp3) is 0.950. The van der Waals surface area contributed by atoms with Crippen molar-refractivity contribution in [2.45, 2.75) is 116 Å². The summed E-state index contributed by atoms with van der Waals surface area (Å²) in [7, 11) is 0. The van der Waals surface area contributed by atoms with E-state index in [0.717, 1.165) is 12.8 Å². The van der Waals surface area contributed by atoms with Gasteiger partial charge in [0.15, 0.2) is 0 Å². The van der Waals surface area contributed by atoms with E-state index in [9.17, 15) is 9.90 Å². The van der Waals surface area contributed by atoms with E-state index in [0.29, 0.717) is 13.0 Å². The second-order valence-electron chi connectivity index (χ2n) is 6.81. The number of aliphatic hydroxyl groups excluding tert-OH is 1. The molecule has 0 aliphatic carbocycles. The van der Waals surface area contributed by atoms with E-state index in [1.807, 2.05) is 0 Å². The van der Waals surface area contributed by atoms with E-state index in [1.165, 1.54) is 84.0 Å². The van der Waals surface area contributed by atoms with Crippen LogP contribution in [0.5, 0.6) is 0 Å². The number of aliphatic hydroxyl groups is 1. The molecule has 0 fully saturated rings. The van der Waals surface area contributed by atoms with Gasteiger partial charge in [0.2, 0.25) is 0 Å². The molecule has 0 amide bonds. The van der Waals surface area contributed by atoms with E-state index >= 15 is 0 Å². The molecule has 0 saturated heterocycles. The molecule has 0 saturated carbocycles. The number of unbranched alkanes of at least 4 members (excludes halogenated alkanes) is 12. The van der Waals surface area contributed by atoms with Gasteiger partial charge in [0.05, 0.1) is 12.7 Å². The van der Waals surface area contributed by atoms with Crippen LogP contribution < -0.4 is 0 Å². The second-order valence-corrected chi connectivity index (χ2v) is 6.81. The Morgan fingerprint density at radius 3 is 1.65 bits per heavy atom. The number of carbonyl (C=O) groups is 1. The molecule has 3 nitrogen and oxygen atoms in total. The Morgan fingerprint density at radius 2 is 1.22 bits per heavy atom. The summed E-state index contributed by atoms with van der Waals surface area (Å²) < 4.78 is 4.83. The predicted octanol–water partition coefficient (Wildman–Crippen LogP) is 5.78. The van der Waals surface area contributed by atoms with Crippen LogP contribution in [0.1, 0.15) is 110 Å². The molecular weight excluding hydrogens is 288 g/mol. The molecule has 0 heterocycles. The molecule has 0 aliphatic heterocycles. The van der Waals surface area contributed by atoms with Crippen LogP contribution in [0.2, 0.25) is 0 Å². The molecule has 1 atom stereocenters. The van der Waals surface area contributed by atoms with E-state index < -0.39 is 0 Å². The summed E-state index contributed by atoms with van der Waals surface area (Å²) in [6, 6.07) is 0. The highest BCUT2D eigenvalue weighted by Gasteiger charge is 2.04. The van der Waals surface area contributed by atoms with Gasteiger partial charge < -0.3 is 9.84 Å². The first kappa shape index (κ1) is 22.4. The molecule has 0 radical (unpaired) electrons. The Bertz CT molecular complexity index is 253. The molecule has 1 N–H and O–H groups in total. The van der Waals surface area contributed by atoms with Gasteiger partial charge in [0.1, 0.15) is 0 Å². The SMILES string of the molecule is CCCCCCCCCCCCCCCC(O)CCOC(C)=O. The highest BCUT2D eigenvalue weighted by Crippen LogP contribution is 2.13. The summed E-state index contributed by atoms with van der Waals surface area (Å²) in [6.45, 7) is 4.01. The zero-order valence-corrected chi connectivity index (χ0v) is 15.7. The average molecular weight is 329 g/mol. The lowest BCUT2D eigenvalue weighted by atomic mass is 10.0. The Balaban J connectivity index is 3.11. The van der Waals surface area contributed by atoms with Crippen molar-refractivity contribution in [3.05, 3.63) is 0 Å². The van der Waals surface area contributed by atoms with Crippen LogP contribution >= 0.6 is 0 Å². The fourth-order valence-corrected chi connectivity index (χ4v) is 2.88. The number of carbonyl (C=O) groups excluding carboxylic acids is 1. The normalized spacial score (nSPS) is 12.3. The third kappa shape index (κ3) is 19.4. The standard InChI is InChI=1S/C20H40O3/c1-3-4-5-6-7-8-9-10-11-12-13-14-15-16-20(22)17-18-23-19(2)21/h20,22H,3-18H2,1-2H3. The van der Waals surface area contributed by atoms with Crippen molar-refractivity contribution in [1.29, 1.82) is 0 Å². The van der Waals surface area contributed by atoms with Gasteiger partial charge in [-0.2, -0.15) is 0 Å². The first-order valence-corrected chi connectivity index (χ1v) is 9.98. The van der Waals surface area contributed by atoms with Crippen molar-refractivity contribution in [2.75, 3.05) is 6.61 Å². The maximum Gasteiger partial charge on any atom is 0.302 e. The lowest BCUT2D eigenvalue weighted by molar-refractivity contribution is -0.141. The molecule has 3 heteroatoms. The molecule has 138 valence electrons. The van der Waals surface area contributed by atoms with Crippen LogP contribution in [-0.4, -0.2) is 23.8 Å². The number of hydrogen-bond acceptors (Lipinski definition) is 3. The van der Waals surface area contributed by atoms with Gasteiger partial charge in [-0.15, -0.1) is 0 Å². The Kier molecular flexibility index (Phi) is 17.3. The summed E-state index contributed by atoms with van der Waals surface area (Å²) in [4.78, 5) is 10.6. The molecule has 0 bridgehead atoms. The van der Waals surface area contributed by atoms with Gasteiger partial charge in [0, 0.05) is 13.3 Å². The zero-order valence-electron chi connectivity index (χ0n) is 15.7. The van der Waals surface area contributed by atoms with Crippen molar-refractivity contribution in [3.63, 3.8) is 0 Å². The predicted molar refractivity (Wildman–Crippen MR) is 97.6 cm³/mol. The zero-order chi connectivity index (χ0) is 17.2. The van der Waals surface area contributed by atoms with Gasteiger partial charge in [-0.1, -0.05) is 90.4 Å². The second kappa shape index (κ2) is 17.8. The Hall–Kier alpha value is -0.570. The van der Waals surface area contributed by atoms with Crippen molar-refractivity contribution < 1.29 is 14.6 Å². The Labute approximate surface area is 144 Å². The number of rotatable bonds is 17. The number of hydrogen-bond donors (Lipinski definition) is 1. The first-order chi connectivity index (χ1) is 11.2. The third-order valence-corrected chi connectivity index (χ3v) is 4.40. The van der Waals surface area contributed by atoms with Crippen molar-refractivity contribution in [1.82, 2.24) is 0 Å². The van der Waals surface area contributed by atoms with Crippen molar-refractivity contribution >= 4 is 5.97 Å². The lowest BCUT2D eigenvalue weighted by Gasteiger charge is -2.10. The van der Waals surface area contributed by atoms with E-state index in [2.05, 4.69) is 6.92 Å². The number of esters is 1. The number of ether oxygens (including phenoxy) is 1. The average Bonchev–Trinajstić information content (AvgIpc) is 2.51. The molecule has 0 aromatic heterocycles. The first-order valence-electron chi connectivity index (χ1n) is 9.98. The van der Waals surface area contributed by atoms with Crippen LogP contribution in [0.15, 0.2) is 0 Å². The van der Waals surface area contributed by atoms with E-state index in [1.54, 1.807) is 0 Å². The molecule has 0 rings (SSSR count). The van der Waals surface area contributed by atoms with Gasteiger partial charge in [-0.05, 0) is 6.42 Å². The van der Waals surface area contributed by atoms with Crippen LogP contribution in [0.25, 0.3) is 0 Å². The van der Waals surface area contributed by atoms with E-state index in [-0.39, 0.29) is 12.1 Å².